The van der Waals surface area contributed by atoms with Crippen LogP contribution in [0, 0.1) is 0 Å². The van der Waals surface area contributed by atoms with Crippen molar-refractivity contribution in [2.24, 2.45) is 5.73 Å². The predicted octanol–water partition coefficient (Wildman–Crippen LogP) is 1.81. The van der Waals surface area contributed by atoms with Crippen molar-refractivity contribution in [1.82, 2.24) is 15.3 Å². The number of aromatic amines is 1. The standard InChI is InChI=1S/C14H20N4O/c1-2-3-4-11(8-15)18-14(19)10-5-6-12-13(7-10)17-9-16-12/h5-7,9,11H,2-4,8,15H2,1H3,(H,16,17)(H,18,19). The molecule has 0 spiro atoms. The summed E-state index contributed by atoms with van der Waals surface area (Å²) in [7, 11) is 0. The molecular weight excluding hydrogens is 240 g/mol. The summed E-state index contributed by atoms with van der Waals surface area (Å²) in [5.74, 6) is -0.0805. The van der Waals surface area contributed by atoms with Crippen molar-refractivity contribution in [1.29, 1.82) is 0 Å². The van der Waals surface area contributed by atoms with E-state index in [0.717, 1.165) is 30.3 Å². The Kier molecular flexibility index (Phi) is 4.52. The molecule has 1 amide bonds. The van der Waals surface area contributed by atoms with Crippen molar-refractivity contribution < 1.29 is 4.79 Å². The number of nitrogens with one attached hydrogen (secondary N) is 2. The topological polar surface area (TPSA) is 83.8 Å². The maximum Gasteiger partial charge on any atom is 0.251 e. The Morgan fingerprint density at radius 2 is 2.37 bits per heavy atom. The molecule has 0 aliphatic rings. The summed E-state index contributed by atoms with van der Waals surface area (Å²) in [4.78, 5) is 19.3. The quantitative estimate of drug-likeness (QED) is 0.740. The number of benzene rings is 1. The van der Waals surface area contributed by atoms with Crippen LogP contribution >= 0.6 is 0 Å². The van der Waals surface area contributed by atoms with Crippen molar-refractivity contribution >= 4 is 16.9 Å². The average molecular weight is 260 g/mol. The third-order valence-electron chi connectivity index (χ3n) is 3.21. The van der Waals surface area contributed by atoms with Crippen LogP contribution in [0.5, 0.6) is 0 Å². The number of fused-ring (bicyclic) bond motifs is 1. The molecule has 4 N–H and O–H groups in total. The van der Waals surface area contributed by atoms with Crippen LogP contribution in [0.1, 0.15) is 36.5 Å². The molecular formula is C14H20N4O. The fraction of sp³-hybridized carbons (Fsp3) is 0.429. The van der Waals surface area contributed by atoms with E-state index in [4.69, 9.17) is 5.73 Å². The predicted molar refractivity (Wildman–Crippen MR) is 75.9 cm³/mol. The van der Waals surface area contributed by atoms with Crippen LogP contribution in [0.15, 0.2) is 24.5 Å². The van der Waals surface area contributed by atoms with Crippen LogP contribution in [-0.2, 0) is 0 Å². The zero-order valence-electron chi connectivity index (χ0n) is 11.1. The summed E-state index contributed by atoms with van der Waals surface area (Å²) in [6.45, 7) is 2.60. The zero-order chi connectivity index (χ0) is 13.7. The van der Waals surface area contributed by atoms with Crippen LogP contribution in [0.25, 0.3) is 11.0 Å². The van der Waals surface area contributed by atoms with Gasteiger partial charge >= 0.3 is 0 Å². The second-order valence-electron chi connectivity index (χ2n) is 4.68. The van der Waals surface area contributed by atoms with Gasteiger partial charge < -0.3 is 16.0 Å². The number of carbonyl (C=O) groups excluding carboxylic acids is 1. The molecule has 5 heteroatoms. The number of unbranched alkanes of at least 4 members (excludes halogenated alkanes) is 1. The first kappa shape index (κ1) is 13.5. The van der Waals surface area contributed by atoms with Crippen LogP contribution in [-0.4, -0.2) is 28.5 Å². The van der Waals surface area contributed by atoms with Gasteiger partial charge in [-0.15, -0.1) is 0 Å². The summed E-state index contributed by atoms with van der Waals surface area (Å²) >= 11 is 0. The molecule has 1 atom stereocenters. The van der Waals surface area contributed by atoms with Crippen LogP contribution in [0.2, 0.25) is 0 Å². The lowest BCUT2D eigenvalue weighted by atomic mass is 10.1. The largest absolute Gasteiger partial charge is 0.348 e. The number of carbonyl (C=O) groups is 1. The molecule has 0 saturated carbocycles. The highest BCUT2D eigenvalue weighted by atomic mass is 16.1. The van der Waals surface area contributed by atoms with Gasteiger partial charge in [0, 0.05) is 18.2 Å². The minimum atomic E-state index is -0.0805. The molecule has 1 aromatic heterocycles. The molecule has 2 aromatic rings. The monoisotopic (exact) mass is 260 g/mol. The number of hydrogen-bond donors (Lipinski definition) is 3. The highest BCUT2D eigenvalue weighted by Crippen LogP contribution is 2.12. The van der Waals surface area contributed by atoms with E-state index in [1.807, 2.05) is 12.1 Å². The van der Waals surface area contributed by atoms with E-state index in [9.17, 15) is 4.79 Å². The van der Waals surface area contributed by atoms with Gasteiger partial charge in [0.05, 0.1) is 17.4 Å². The van der Waals surface area contributed by atoms with Crippen molar-refractivity contribution in [3.63, 3.8) is 0 Å². The molecule has 0 aliphatic carbocycles. The van der Waals surface area contributed by atoms with Gasteiger partial charge in [-0.1, -0.05) is 19.8 Å². The van der Waals surface area contributed by atoms with Gasteiger partial charge in [-0.25, -0.2) is 4.98 Å². The molecule has 1 aromatic carbocycles. The van der Waals surface area contributed by atoms with Gasteiger partial charge in [0.15, 0.2) is 0 Å². The van der Waals surface area contributed by atoms with E-state index in [2.05, 4.69) is 22.2 Å². The van der Waals surface area contributed by atoms with Crippen molar-refractivity contribution in [3.8, 4) is 0 Å². The molecule has 5 nitrogen and oxygen atoms in total. The van der Waals surface area contributed by atoms with Gasteiger partial charge in [0.25, 0.3) is 5.91 Å². The number of amides is 1. The van der Waals surface area contributed by atoms with E-state index < -0.39 is 0 Å². The number of rotatable bonds is 6. The minimum Gasteiger partial charge on any atom is -0.348 e. The van der Waals surface area contributed by atoms with E-state index in [-0.39, 0.29) is 11.9 Å². The fourth-order valence-corrected chi connectivity index (χ4v) is 2.05. The highest BCUT2D eigenvalue weighted by Gasteiger charge is 2.12. The van der Waals surface area contributed by atoms with Crippen molar-refractivity contribution in [3.05, 3.63) is 30.1 Å². The first-order valence-electron chi connectivity index (χ1n) is 6.68. The lowest BCUT2D eigenvalue weighted by Gasteiger charge is -2.16. The molecule has 1 unspecified atom stereocenters. The number of H-pyrrole nitrogens is 1. The molecule has 0 bridgehead atoms. The second-order valence-corrected chi connectivity index (χ2v) is 4.68. The zero-order valence-corrected chi connectivity index (χ0v) is 11.1. The van der Waals surface area contributed by atoms with Gasteiger partial charge in [-0.05, 0) is 24.6 Å². The van der Waals surface area contributed by atoms with Gasteiger partial charge in [0.2, 0.25) is 0 Å². The molecule has 2 rings (SSSR count). The molecule has 0 radical (unpaired) electrons. The lowest BCUT2D eigenvalue weighted by Crippen LogP contribution is -2.40. The highest BCUT2D eigenvalue weighted by molar-refractivity contribution is 5.97. The first-order chi connectivity index (χ1) is 9.24. The first-order valence-corrected chi connectivity index (χ1v) is 6.68. The molecule has 102 valence electrons. The van der Waals surface area contributed by atoms with Crippen LogP contribution in [0.3, 0.4) is 0 Å². The van der Waals surface area contributed by atoms with Crippen molar-refractivity contribution in [2.75, 3.05) is 6.54 Å². The Morgan fingerprint density at radius 3 is 3.11 bits per heavy atom. The average Bonchev–Trinajstić information content (AvgIpc) is 2.90. The molecule has 19 heavy (non-hydrogen) atoms. The Bertz CT molecular complexity index is 549. The summed E-state index contributed by atoms with van der Waals surface area (Å²) in [6.07, 6.45) is 4.72. The Labute approximate surface area is 112 Å². The SMILES string of the molecule is CCCCC(CN)NC(=O)c1ccc2nc[nH]c2c1. The van der Waals surface area contributed by atoms with E-state index in [1.54, 1.807) is 12.4 Å². The van der Waals surface area contributed by atoms with E-state index >= 15 is 0 Å². The second kappa shape index (κ2) is 6.33. The normalized spacial score (nSPS) is 12.5. The maximum atomic E-state index is 12.1. The number of aromatic nitrogens is 2. The molecule has 0 saturated heterocycles. The number of nitrogens with zero attached hydrogens (tertiary/aromatic N) is 1. The van der Waals surface area contributed by atoms with Gasteiger partial charge in [0.1, 0.15) is 0 Å². The molecule has 0 aliphatic heterocycles. The van der Waals surface area contributed by atoms with Gasteiger partial charge in [-0.2, -0.15) is 0 Å². The fourth-order valence-electron chi connectivity index (χ4n) is 2.05. The Morgan fingerprint density at radius 1 is 1.53 bits per heavy atom. The van der Waals surface area contributed by atoms with Crippen LogP contribution < -0.4 is 11.1 Å². The Hall–Kier alpha value is -1.88. The summed E-state index contributed by atoms with van der Waals surface area (Å²) in [6, 6.07) is 5.48. The number of hydrogen-bond acceptors (Lipinski definition) is 3. The van der Waals surface area contributed by atoms with Crippen molar-refractivity contribution in [2.45, 2.75) is 32.2 Å². The third kappa shape index (κ3) is 3.32. The van der Waals surface area contributed by atoms with Gasteiger partial charge in [-0.3, -0.25) is 4.79 Å². The smallest absolute Gasteiger partial charge is 0.251 e. The Balaban J connectivity index is 2.05. The summed E-state index contributed by atoms with van der Waals surface area (Å²) < 4.78 is 0. The lowest BCUT2D eigenvalue weighted by molar-refractivity contribution is 0.0936. The molecule has 0 fully saturated rings. The van der Waals surface area contributed by atoms with E-state index in [1.165, 1.54) is 0 Å². The number of imidazole rings is 1. The summed E-state index contributed by atoms with van der Waals surface area (Å²) in [5, 5.41) is 2.98. The minimum absolute atomic E-state index is 0.0462. The van der Waals surface area contributed by atoms with Crippen LogP contribution in [0.4, 0.5) is 0 Å². The molecule has 1 heterocycles. The summed E-state index contributed by atoms with van der Waals surface area (Å²) in [5.41, 5.74) is 8.04. The van der Waals surface area contributed by atoms with E-state index in [0.29, 0.717) is 12.1 Å². The number of nitrogens with two attached hydrogens (primary N) is 1. The third-order valence-corrected chi connectivity index (χ3v) is 3.21. The maximum absolute atomic E-state index is 12.1.